The second kappa shape index (κ2) is 6.58. The van der Waals surface area contributed by atoms with Crippen molar-refractivity contribution in [2.24, 2.45) is 11.5 Å². The zero-order chi connectivity index (χ0) is 11.8. The number of benzene rings is 2. The third-order valence-electron chi connectivity index (χ3n) is 1.88. The largest absolute Gasteiger partial charge is 0.377 e. The van der Waals surface area contributed by atoms with Gasteiger partial charge in [0.05, 0.1) is 0 Å². The second-order valence-corrected chi connectivity index (χ2v) is 3.61. The molecular weight excluding hydrogens is 216 g/mol. The molecule has 4 N–H and O–H groups in total. The van der Waals surface area contributed by atoms with E-state index in [0.29, 0.717) is 0 Å². The summed E-state index contributed by atoms with van der Waals surface area (Å²) in [5.74, 6) is 0. The van der Waals surface area contributed by atoms with Gasteiger partial charge in [-0.25, -0.2) is 0 Å². The van der Waals surface area contributed by atoms with Gasteiger partial charge in [0.2, 0.25) is 0 Å². The van der Waals surface area contributed by atoms with Gasteiger partial charge in [-0.15, -0.1) is 0 Å². The Morgan fingerprint density at radius 1 is 0.688 bits per heavy atom. The quantitative estimate of drug-likeness (QED) is 0.740. The first kappa shape index (κ1) is 12.2. The van der Waals surface area contributed by atoms with Crippen LogP contribution < -0.4 is 11.5 Å². The van der Waals surface area contributed by atoms with Crippen LogP contribution in [0.15, 0.2) is 60.7 Å². The van der Waals surface area contributed by atoms with E-state index < -0.39 is 0 Å². The first-order valence-electron chi connectivity index (χ1n) is 4.85. The maximum Gasteiger partial charge on any atom is 0.160 e. The topological polar surface area (TPSA) is 52.0 Å². The average Bonchev–Trinajstić information content (AvgIpc) is 2.31. The Hall–Kier alpha value is -1.87. The molecule has 0 amide bonds. The monoisotopic (exact) mass is 230 g/mol. The van der Waals surface area contributed by atoms with Crippen LogP contribution in [0, 0.1) is 0 Å². The van der Waals surface area contributed by atoms with E-state index in [2.05, 4.69) is 72.2 Å². The minimum absolute atomic E-state index is 0.000000000000000222. The zero-order valence-corrected chi connectivity index (χ0v) is 9.65. The number of thiocarbonyl (C=S) groups is 1. The van der Waals surface area contributed by atoms with Crippen LogP contribution in [0.4, 0.5) is 0 Å². The summed E-state index contributed by atoms with van der Waals surface area (Å²) in [6.45, 7) is 0. The first-order chi connectivity index (χ1) is 7.70. The van der Waals surface area contributed by atoms with Gasteiger partial charge in [0.1, 0.15) is 0 Å². The van der Waals surface area contributed by atoms with Gasteiger partial charge in [0.15, 0.2) is 5.11 Å². The van der Waals surface area contributed by atoms with Crippen LogP contribution >= 0.6 is 12.2 Å². The normalized spacial score (nSPS) is 8.75. The van der Waals surface area contributed by atoms with Crippen molar-refractivity contribution in [3.63, 3.8) is 0 Å². The predicted octanol–water partition coefficient (Wildman–Crippen LogP) is 2.54. The molecule has 16 heavy (non-hydrogen) atoms. The molecule has 2 rings (SSSR count). The minimum Gasteiger partial charge on any atom is -0.377 e. The van der Waals surface area contributed by atoms with Crippen molar-refractivity contribution < 1.29 is 0 Å². The second-order valence-electron chi connectivity index (χ2n) is 3.13. The molecule has 82 valence electrons. The summed E-state index contributed by atoms with van der Waals surface area (Å²) >= 11 is 4.09. The molecule has 0 heterocycles. The van der Waals surface area contributed by atoms with Gasteiger partial charge in [0.25, 0.3) is 0 Å². The van der Waals surface area contributed by atoms with Crippen LogP contribution in [0.5, 0.6) is 0 Å². The molecule has 0 atom stereocenters. The summed E-state index contributed by atoms with van der Waals surface area (Å²) in [6.07, 6.45) is 0. The molecular formula is C13H14N2S. The molecule has 0 spiro atoms. The minimum atomic E-state index is 0.000000000000000222. The highest BCUT2D eigenvalue weighted by atomic mass is 32.1. The van der Waals surface area contributed by atoms with E-state index >= 15 is 0 Å². The fourth-order valence-electron chi connectivity index (χ4n) is 1.26. The Labute approximate surface area is 101 Å². The molecule has 0 bridgehead atoms. The van der Waals surface area contributed by atoms with E-state index in [0.717, 1.165) is 0 Å². The lowest BCUT2D eigenvalue weighted by Gasteiger charge is -1.98. The lowest BCUT2D eigenvalue weighted by molar-refractivity contribution is 1.62. The van der Waals surface area contributed by atoms with Gasteiger partial charge < -0.3 is 11.5 Å². The van der Waals surface area contributed by atoms with Gasteiger partial charge in [-0.05, 0) is 23.3 Å². The maximum absolute atomic E-state index is 4.62. The van der Waals surface area contributed by atoms with Crippen LogP contribution in [0.3, 0.4) is 0 Å². The number of nitrogens with two attached hydrogens (primary N) is 2. The summed E-state index contributed by atoms with van der Waals surface area (Å²) < 4.78 is 0. The van der Waals surface area contributed by atoms with Crippen molar-refractivity contribution >= 4 is 17.3 Å². The molecule has 2 aromatic rings. The van der Waals surface area contributed by atoms with Gasteiger partial charge in [-0.2, -0.15) is 0 Å². The van der Waals surface area contributed by atoms with E-state index in [4.69, 9.17) is 0 Å². The lowest BCUT2D eigenvalue weighted by atomic mass is 10.1. The molecule has 2 nitrogen and oxygen atoms in total. The Kier molecular flexibility index (Phi) is 5.02. The number of rotatable bonds is 1. The van der Waals surface area contributed by atoms with Crippen LogP contribution in [0.25, 0.3) is 11.1 Å². The van der Waals surface area contributed by atoms with Crippen molar-refractivity contribution in [1.29, 1.82) is 0 Å². The van der Waals surface area contributed by atoms with E-state index in [9.17, 15) is 0 Å². The van der Waals surface area contributed by atoms with Crippen molar-refractivity contribution in [3.05, 3.63) is 60.7 Å². The third kappa shape index (κ3) is 4.57. The van der Waals surface area contributed by atoms with E-state index in [1.165, 1.54) is 11.1 Å². The third-order valence-corrected chi connectivity index (χ3v) is 1.88. The fraction of sp³-hybridized carbons (Fsp3) is 0. The lowest BCUT2D eigenvalue weighted by Crippen LogP contribution is -2.18. The summed E-state index contributed by atoms with van der Waals surface area (Å²) in [7, 11) is 0. The number of hydrogen-bond acceptors (Lipinski definition) is 1. The summed E-state index contributed by atoms with van der Waals surface area (Å²) in [5.41, 5.74) is 11.8. The Morgan fingerprint density at radius 3 is 1.19 bits per heavy atom. The van der Waals surface area contributed by atoms with Crippen LogP contribution in [0.1, 0.15) is 0 Å². The van der Waals surface area contributed by atoms with Crippen molar-refractivity contribution in [3.8, 4) is 11.1 Å². The molecule has 3 heteroatoms. The highest BCUT2D eigenvalue weighted by molar-refractivity contribution is 7.80. The zero-order valence-electron chi connectivity index (χ0n) is 8.84. The molecule has 0 unspecified atom stereocenters. The van der Waals surface area contributed by atoms with Gasteiger partial charge in [-0.1, -0.05) is 60.7 Å². The van der Waals surface area contributed by atoms with E-state index in [-0.39, 0.29) is 5.11 Å². The van der Waals surface area contributed by atoms with Gasteiger partial charge in [0, 0.05) is 0 Å². The smallest absolute Gasteiger partial charge is 0.160 e. The maximum atomic E-state index is 4.62. The Morgan fingerprint density at radius 2 is 0.938 bits per heavy atom. The summed E-state index contributed by atoms with van der Waals surface area (Å²) in [5, 5.41) is 0.000000000000000222. The first-order valence-corrected chi connectivity index (χ1v) is 5.26. The number of hydrogen-bond donors (Lipinski definition) is 2. The van der Waals surface area contributed by atoms with Crippen LogP contribution in [-0.2, 0) is 0 Å². The molecule has 0 saturated heterocycles. The molecule has 0 aromatic heterocycles. The molecule has 0 aliphatic heterocycles. The van der Waals surface area contributed by atoms with Crippen molar-refractivity contribution in [1.82, 2.24) is 0 Å². The average molecular weight is 230 g/mol. The molecule has 2 aromatic carbocycles. The SMILES string of the molecule is NC(N)=S.c1ccc(-c2ccccc2)cc1. The van der Waals surface area contributed by atoms with Crippen molar-refractivity contribution in [2.75, 3.05) is 0 Å². The van der Waals surface area contributed by atoms with Gasteiger partial charge in [-0.3, -0.25) is 0 Å². The van der Waals surface area contributed by atoms with E-state index in [1.807, 2.05) is 12.1 Å². The molecule has 0 radical (unpaired) electrons. The van der Waals surface area contributed by atoms with Crippen molar-refractivity contribution in [2.45, 2.75) is 0 Å². The standard InChI is InChI=1S/C12H10.CH4N2S/c1-3-7-11(8-4-1)12-9-5-2-6-10-12;2-1(3)4/h1-10H;(H4,2,3,4). The Bertz CT molecular complexity index is 385. The summed E-state index contributed by atoms with van der Waals surface area (Å²) in [6, 6.07) is 20.8. The summed E-state index contributed by atoms with van der Waals surface area (Å²) in [4.78, 5) is 0. The van der Waals surface area contributed by atoms with Crippen LogP contribution in [0.2, 0.25) is 0 Å². The van der Waals surface area contributed by atoms with E-state index in [1.54, 1.807) is 0 Å². The highest BCUT2D eigenvalue weighted by Gasteiger charge is 1.91. The predicted molar refractivity (Wildman–Crippen MR) is 72.9 cm³/mol. The molecule has 0 aliphatic carbocycles. The molecule has 0 aliphatic rings. The van der Waals surface area contributed by atoms with Crippen LogP contribution in [-0.4, -0.2) is 5.11 Å². The van der Waals surface area contributed by atoms with Gasteiger partial charge >= 0.3 is 0 Å². The fourth-order valence-corrected chi connectivity index (χ4v) is 1.26. The Balaban J connectivity index is 0.000000280. The highest BCUT2D eigenvalue weighted by Crippen LogP contribution is 2.17. The molecule has 0 fully saturated rings. The molecule has 0 saturated carbocycles.